The Morgan fingerprint density at radius 3 is 2.94 bits per heavy atom. The minimum Gasteiger partial charge on any atom is -0.368 e. The van der Waals surface area contributed by atoms with Crippen LogP contribution < -0.4 is 11.1 Å². The van der Waals surface area contributed by atoms with E-state index in [-0.39, 0.29) is 11.2 Å². The van der Waals surface area contributed by atoms with Gasteiger partial charge in [0, 0.05) is 12.6 Å². The second kappa shape index (κ2) is 4.80. The van der Waals surface area contributed by atoms with Crippen molar-refractivity contribution in [3.63, 3.8) is 0 Å². The van der Waals surface area contributed by atoms with E-state index in [1.807, 2.05) is 0 Å². The number of aromatic nitrogens is 3. The molecule has 1 aliphatic rings. The van der Waals surface area contributed by atoms with Crippen LogP contribution in [0.3, 0.4) is 0 Å². The van der Waals surface area contributed by atoms with Crippen molar-refractivity contribution in [3.05, 3.63) is 5.28 Å². The van der Waals surface area contributed by atoms with Crippen molar-refractivity contribution >= 4 is 23.5 Å². The Bertz CT molecular complexity index is 351. The normalized spacial score (nSPS) is 21.2. The molecule has 1 unspecified atom stereocenters. The summed E-state index contributed by atoms with van der Waals surface area (Å²) in [5.74, 6) is 0.583. The van der Waals surface area contributed by atoms with Gasteiger partial charge in [0.2, 0.25) is 17.2 Å². The van der Waals surface area contributed by atoms with Gasteiger partial charge in [-0.15, -0.1) is 0 Å². The van der Waals surface area contributed by atoms with E-state index in [0.29, 0.717) is 12.0 Å². The van der Waals surface area contributed by atoms with Crippen molar-refractivity contribution in [3.8, 4) is 0 Å². The van der Waals surface area contributed by atoms with E-state index >= 15 is 0 Å². The second-order valence-electron chi connectivity index (χ2n) is 3.94. The molecule has 1 aliphatic heterocycles. The van der Waals surface area contributed by atoms with E-state index in [2.05, 4.69) is 32.2 Å². The zero-order valence-corrected chi connectivity index (χ0v) is 9.91. The van der Waals surface area contributed by atoms with Gasteiger partial charge in [0.05, 0.1) is 0 Å². The second-order valence-corrected chi connectivity index (χ2v) is 4.28. The molecule has 6 nitrogen and oxygen atoms in total. The molecule has 0 saturated carbocycles. The average molecular weight is 243 g/mol. The van der Waals surface area contributed by atoms with Crippen molar-refractivity contribution in [2.24, 2.45) is 0 Å². The fourth-order valence-electron chi connectivity index (χ4n) is 1.89. The molecule has 1 atom stereocenters. The standard InChI is InChI=1S/C9H15ClN6/c1-16-4-2-3-6(16)5-12-9-14-7(10)13-8(11)15-9/h6H,2-5H2,1H3,(H3,11,12,13,14,15). The highest BCUT2D eigenvalue weighted by Crippen LogP contribution is 2.15. The van der Waals surface area contributed by atoms with E-state index in [4.69, 9.17) is 17.3 Å². The summed E-state index contributed by atoms with van der Waals surface area (Å²) in [5.41, 5.74) is 5.47. The van der Waals surface area contributed by atoms with Crippen LogP contribution in [0, 0.1) is 0 Å². The highest BCUT2D eigenvalue weighted by atomic mass is 35.5. The fraction of sp³-hybridized carbons (Fsp3) is 0.667. The SMILES string of the molecule is CN1CCCC1CNc1nc(N)nc(Cl)n1. The first-order valence-corrected chi connectivity index (χ1v) is 5.64. The van der Waals surface area contributed by atoms with Crippen molar-refractivity contribution in [1.29, 1.82) is 0 Å². The zero-order chi connectivity index (χ0) is 11.5. The number of likely N-dealkylation sites (N-methyl/N-ethyl adjacent to an activating group) is 1. The van der Waals surface area contributed by atoms with E-state index in [1.165, 1.54) is 12.8 Å². The van der Waals surface area contributed by atoms with Crippen LogP contribution in [0.15, 0.2) is 0 Å². The maximum atomic E-state index is 5.68. The number of rotatable bonds is 3. The highest BCUT2D eigenvalue weighted by molar-refractivity contribution is 6.28. The molecular weight excluding hydrogens is 228 g/mol. The largest absolute Gasteiger partial charge is 0.368 e. The Hall–Kier alpha value is -1.14. The van der Waals surface area contributed by atoms with Crippen molar-refractivity contribution < 1.29 is 0 Å². The maximum Gasteiger partial charge on any atom is 0.228 e. The summed E-state index contributed by atoms with van der Waals surface area (Å²) in [6, 6.07) is 0.525. The van der Waals surface area contributed by atoms with Crippen molar-refractivity contribution in [2.75, 3.05) is 31.2 Å². The minimum absolute atomic E-state index is 0.120. The van der Waals surface area contributed by atoms with E-state index < -0.39 is 0 Å². The molecule has 16 heavy (non-hydrogen) atoms. The third kappa shape index (κ3) is 2.70. The Balaban J connectivity index is 1.94. The van der Waals surface area contributed by atoms with Gasteiger partial charge in [-0.25, -0.2) is 0 Å². The fourth-order valence-corrected chi connectivity index (χ4v) is 2.06. The lowest BCUT2D eigenvalue weighted by Gasteiger charge is -2.19. The summed E-state index contributed by atoms with van der Waals surface area (Å²) in [6.07, 6.45) is 2.43. The van der Waals surface area contributed by atoms with Gasteiger partial charge < -0.3 is 16.0 Å². The van der Waals surface area contributed by atoms with Crippen LogP contribution in [0.1, 0.15) is 12.8 Å². The quantitative estimate of drug-likeness (QED) is 0.809. The molecule has 3 N–H and O–H groups in total. The van der Waals surface area contributed by atoms with E-state index in [1.54, 1.807) is 0 Å². The molecule has 88 valence electrons. The molecule has 0 spiro atoms. The summed E-state index contributed by atoms with van der Waals surface area (Å²) in [4.78, 5) is 13.9. The summed E-state index contributed by atoms with van der Waals surface area (Å²) >= 11 is 5.68. The lowest BCUT2D eigenvalue weighted by molar-refractivity contribution is 0.322. The molecule has 0 aliphatic carbocycles. The maximum absolute atomic E-state index is 5.68. The number of nitrogens with two attached hydrogens (primary N) is 1. The van der Waals surface area contributed by atoms with Gasteiger partial charge in [-0.05, 0) is 38.0 Å². The molecule has 1 fully saturated rings. The highest BCUT2D eigenvalue weighted by Gasteiger charge is 2.20. The minimum atomic E-state index is 0.120. The molecule has 1 aromatic heterocycles. The number of nitrogens with zero attached hydrogens (tertiary/aromatic N) is 4. The molecule has 0 amide bonds. The van der Waals surface area contributed by atoms with Crippen LogP contribution in [0.4, 0.5) is 11.9 Å². The Morgan fingerprint density at radius 2 is 2.31 bits per heavy atom. The number of anilines is 2. The molecule has 0 radical (unpaired) electrons. The lowest BCUT2D eigenvalue weighted by atomic mass is 10.2. The van der Waals surface area contributed by atoms with Crippen LogP contribution in [0.2, 0.25) is 5.28 Å². The van der Waals surface area contributed by atoms with Crippen LogP contribution in [0.5, 0.6) is 0 Å². The number of hydrogen-bond acceptors (Lipinski definition) is 6. The predicted molar refractivity (Wildman–Crippen MR) is 63.4 cm³/mol. The topological polar surface area (TPSA) is 80.0 Å². The van der Waals surface area contributed by atoms with Gasteiger partial charge in [-0.3, -0.25) is 0 Å². The molecule has 2 heterocycles. The van der Waals surface area contributed by atoms with E-state index in [0.717, 1.165) is 13.1 Å². The molecule has 7 heteroatoms. The Kier molecular flexibility index (Phi) is 3.40. The lowest BCUT2D eigenvalue weighted by Crippen LogP contribution is -2.32. The number of halogens is 1. The summed E-state index contributed by atoms with van der Waals surface area (Å²) in [7, 11) is 2.12. The van der Waals surface area contributed by atoms with Crippen LogP contribution in [0.25, 0.3) is 0 Å². The zero-order valence-electron chi connectivity index (χ0n) is 9.15. The molecule has 2 rings (SSSR count). The molecule has 1 saturated heterocycles. The third-order valence-corrected chi connectivity index (χ3v) is 2.96. The Morgan fingerprint density at radius 1 is 1.50 bits per heavy atom. The number of likely N-dealkylation sites (tertiary alicyclic amines) is 1. The number of hydrogen-bond donors (Lipinski definition) is 2. The van der Waals surface area contributed by atoms with Crippen molar-refractivity contribution in [2.45, 2.75) is 18.9 Å². The smallest absolute Gasteiger partial charge is 0.228 e. The third-order valence-electron chi connectivity index (χ3n) is 2.79. The summed E-state index contributed by atoms with van der Waals surface area (Å²) in [5, 5.41) is 3.25. The summed E-state index contributed by atoms with van der Waals surface area (Å²) < 4.78 is 0. The van der Waals surface area contributed by atoms with Gasteiger partial charge in [0.1, 0.15) is 0 Å². The first-order chi connectivity index (χ1) is 7.65. The predicted octanol–water partition coefficient (Wildman–Crippen LogP) is 0.613. The first-order valence-electron chi connectivity index (χ1n) is 5.26. The average Bonchev–Trinajstić information content (AvgIpc) is 2.59. The van der Waals surface area contributed by atoms with Crippen molar-refractivity contribution in [1.82, 2.24) is 19.9 Å². The van der Waals surface area contributed by atoms with E-state index in [9.17, 15) is 0 Å². The van der Waals surface area contributed by atoms with Crippen LogP contribution in [-0.2, 0) is 0 Å². The van der Waals surface area contributed by atoms with Gasteiger partial charge in [0.25, 0.3) is 0 Å². The Labute approximate surface area is 99.2 Å². The number of nitrogen functional groups attached to an aromatic ring is 1. The van der Waals surface area contributed by atoms with Crippen LogP contribution >= 0.6 is 11.6 Å². The first kappa shape index (κ1) is 11.3. The summed E-state index contributed by atoms with van der Waals surface area (Å²) in [6.45, 7) is 1.95. The molecule has 1 aromatic rings. The van der Waals surface area contributed by atoms with Gasteiger partial charge in [-0.2, -0.15) is 15.0 Å². The van der Waals surface area contributed by atoms with Gasteiger partial charge in [0.15, 0.2) is 0 Å². The molecule has 0 bridgehead atoms. The van der Waals surface area contributed by atoms with Gasteiger partial charge in [-0.1, -0.05) is 0 Å². The monoisotopic (exact) mass is 242 g/mol. The van der Waals surface area contributed by atoms with Crippen LogP contribution in [-0.4, -0.2) is 46.0 Å². The van der Waals surface area contributed by atoms with Gasteiger partial charge >= 0.3 is 0 Å². The molecule has 0 aromatic carbocycles. The molecular formula is C9H15ClN6. The number of nitrogens with one attached hydrogen (secondary N) is 1.